The van der Waals surface area contributed by atoms with E-state index in [-0.39, 0.29) is 11.2 Å². The van der Waals surface area contributed by atoms with E-state index in [0.29, 0.717) is 6.04 Å². The number of nitrogens with zero attached hydrogens (tertiary/aromatic N) is 4. The van der Waals surface area contributed by atoms with Crippen molar-refractivity contribution in [3.05, 3.63) is 24.3 Å². The molecule has 0 bridgehead atoms. The van der Waals surface area contributed by atoms with E-state index in [9.17, 15) is 4.79 Å². The van der Waals surface area contributed by atoms with Crippen LogP contribution in [0.25, 0.3) is 15.2 Å². The largest absolute Gasteiger partial charge is 0.342 e. The highest BCUT2D eigenvalue weighted by Crippen LogP contribution is 2.32. The van der Waals surface area contributed by atoms with Gasteiger partial charge in [-0.05, 0) is 31.9 Å². The molecule has 1 saturated carbocycles. The Balaban J connectivity index is 1.55. The fourth-order valence-corrected chi connectivity index (χ4v) is 5.56. The van der Waals surface area contributed by atoms with E-state index in [2.05, 4.69) is 26.7 Å². The first kappa shape index (κ1) is 16.8. The molecule has 1 unspecified atom stereocenters. The topological polar surface area (TPSA) is 50.5 Å². The van der Waals surface area contributed by atoms with Gasteiger partial charge in [-0.1, -0.05) is 54.5 Å². The van der Waals surface area contributed by atoms with Crippen molar-refractivity contribution < 1.29 is 4.79 Å². The molecule has 2 heterocycles. The molecule has 0 spiro atoms. The van der Waals surface area contributed by atoms with Gasteiger partial charge in [0.25, 0.3) is 0 Å². The van der Waals surface area contributed by atoms with Crippen LogP contribution in [0.3, 0.4) is 0 Å². The van der Waals surface area contributed by atoms with Gasteiger partial charge in [-0.15, -0.1) is 10.2 Å². The van der Waals surface area contributed by atoms with Crippen LogP contribution in [0.1, 0.15) is 39.0 Å². The molecular formula is C18H22N4OS2. The maximum Gasteiger partial charge on any atom is 0.235 e. The number of hydrogen-bond donors (Lipinski definition) is 0. The third-order valence-corrected chi connectivity index (χ3v) is 7.05. The van der Waals surface area contributed by atoms with Crippen LogP contribution in [-0.4, -0.2) is 43.7 Å². The lowest BCUT2D eigenvalue weighted by atomic mass is 9.94. The van der Waals surface area contributed by atoms with Crippen LogP contribution in [0.15, 0.2) is 29.4 Å². The molecule has 25 heavy (non-hydrogen) atoms. The molecule has 7 heteroatoms. The van der Waals surface area contributed by atoms with E-state index in [4.69, 9.17) is 0 Å². The molecular weight excluding hydrogens is 352 g/mol. The lowest BCUT2D eigenvalue weighted by Crippen LogP contribution is -2.42. The predicted octanol–water partition coefficient (Wildman–Crippen LogP) is 4.22. The average Bonchev–Trinajstić information content (AvgIpc) is 3.21. The van der Waals surface area contributed by atoms with E-state index in [1.165, 1.54) is 35.7 Å². The van der Waals surface area contributed by atoms with E-state index in [1.807, 2.05) is 31.0 Å². The van der Waals surface area contributed by atoms with Crippen molar-refractivity contribution in [3.8, 4) is 0 Å². The van der Waals surface area contributed by atoms with Crippen LogP contribution in [0.4, 0.5) is 0 Å². The van der Waals surface area contributed by atoms with Crippen molar-refractivity contribution in [3.63, 3.8) is 0 Å². The van der Waals surface area contributed by atoms with Gasteiger partial charge in [0.05, 0.1) is 15.5 Å². The molecule has 5 nitrogen and oxygen atoms in total. The molecule has 0 saturated heterocycles. The molecule has 1 amide bonds. The molecule has 2 aromatic heterocycles. The van der Waals surface area contributed by atoms with Crippen LogP contribution >= 0.6 is 23.1 Å². The lowest BCUT2D eigenvalue weighted by Gasteiger charge is -2.32. The van der Waals surface area contributed by atoms with Crippen LogP contribution < -0.4 is 0 Å². The number of aromatic nitrogens is 3. The normalized spacial score (nSPS) is 17.2. The minimum atomic E-state index is -0.169. The number of fused-ring (bicyclic) bond motifs is 3. The van der Waals surface area contributed by atoms with Crippen molar-refractivity contribution in [1.82, 2.24) is 19.5 Å². The first-order valence-electron chi connectivity index (χ1n) is 8.81. The van der Waals surface area contributed by atoms with E-state index >= 15 is 0 Å². The van der Waals surface area contributed by atoms with Gasteiger partial charge in [0.1, 0.15) is 0 Å². The highest BCUT2D eigenvalue weighted by Gasteiger charge is 2.27. The molecule has 0 N–H and O–H groups in total. The van der Waals surface area contributed by atoms with Gasteiger partial charge in [0.2, 0.25) is 10.9 Å². The molecule has 1 atom stereocenters. The van der Waals surface area contributed by atoms with E-state index < -0.39 is 0 Å². The Labute approximate surface area is 155 Å². The maximum absolute atomic E-state index is 12.9. The van der Waals surface area contributed by atoms with Gasteiger partial charge in [0, 0.05) is 13.1 Å². The zero-order valence-corrected chi connectivity index (χ0v) is 16.1. The van der Waals surface area contributed by atoms with Crippen molar-refractivity contribution in [1.29, 1.82) is 0 Å². The number of hydrogen-bond acceptors (Lipinski definition) is 5. The smallest absolute Gasteiger partial charge is 0.235 e. The standard InChI is InChI=1S/C18H22N4OS2/c1-12(16(23)21(2)13-8-4-3-5-9-13)24-17-19-20-18-22(17)14-10-6-7-11-15(14)25-18/h6-7,10-13H,3-5,8-9H2,1-2H3. The third kappa shape index (κ3) is 3.15. The van der Waals surface area contributed by atoms with Gasteiger partial charge < -0.3 is 4.90 Å². The van der Waals surface area contributed by atoms with Gasteiger partial charge in [-0.3, -0.25) is 9.20 Å². The predicted molar refractivity (Wildman–Crippen MR) is 103 cm³/mol. The number of para-hydroxylation sites is 1. The molecule has 132 valence electrons. The average molecular weight is 375 g/mol. The Hall–Kier alpha value is -1.60. The Morgan fingerprint density at radius 3 is 2.84 bits per heavy atom. The molecule has 0 radical (unpaired) electrons. The number of carbonyl (C=O) groups is 1. The summed E-state index contributed by atoms with van der Waals surface area (Å²) in [5.74, 6) is 0.188. The Kier molecular flexibility index (Phi) is 4.69. The van der Waals surface area contributed by atoms with E-state index in [0.717, 1.165) is 28.5 Å². The van der Waals surface area contributed by atoms with Crippen molar-refractivity contribution in [2.24, 2.45) is 0 Å². The Morgan fingerprint density at radius 2 is 2.04 bits per heavy atom. The summed E-state index contributed by atoms with van der Waals surface area (Å²) in [6, 6.07) is 8.62. The van der Waals surface area contributed by atoms with Gasteiger partial charge in [0.15, 0.2) is 5.16 Å². The molecule has 4 rings (SSSR count). The molecule has 1 aromatic carbocycles. The molecule has 3 aromatic rings. The second-order valence-electron chi connectivity index (χ2n) is 6.67. The van der Waals surface area contributed by atoms with Crippen molar-refractivity contribution >= 4 is 44.2 Å². The molecule has 1 fully saturated rings. The number of thioether (sulfide) groups is 1. The molecule has 0 aliphatic heterocycles. The number of thiazole rings is 1. The summed E-state index contributed by atoms with van der Waals surface area (Å²) in [5.41, 5.74) is 1.11. The second-order valence-corrected chi connectivity index (χ2v) is 8.99. The first-order valence-corrected chi connectivity index (χ1v) is 10.5. The Bertz CT molecular complexity index is 897. The SMILES string of the molecule is CC(Sc1nnc2sc3ccccc3n12)C(=O)N(C)C1CCCCC1. The van der Waals surface area contributed by atoms with Crippen LogP contribution in [0.2, 0.25) is 0 Å². The highest BCUT2D eigenvalue weighted by atomic mass is 32.2. The minimum Gasteiger partial charge on any atom is -0.342 e. The minimum absolute atomic E-state index is 0.169. The lowest BCUT2D eigenvalue weighted by molar-refractivity contribution is -0.131. The third-order valence-electron chi connectivity index (χ3n) is 5.01. The zero-order valence-electron chi connectivity index (χ0n) is 14.5. The van der Waals surface area contributed by atoms with Crippen LogP contribution in [0.5, 0.6) is 0 Å². The summed E-state index contributed by atoms with van der Waals surface area (Å²) < 4.78 is 3.25. The summed E-state index contributed by atoms with van der Waals surface area (Å²) >= 11 is 3.13. The fourth-order valence-electron chi connectivity index (χ4n) is 3.58. The maximum atomic E-state index is 12.9. The number of carbonyl (C=O) groups excluding carboxylic acids is 1. The quantitative estimate of drug-likeness (QED) is 0.642. The number of rotatable bonds is 4. The zero-order chi connectivity index (χ0) is 17.4. The summed E-state index contributed by atoms with van der Waals surface area (Å²) in [6.07, 6.45) is 6.02. The summed E-state index contributed by atoms with van der Waals surface area (Å²) in [6.45, 7) is 1.97. The number of amides is 1. The number of benzene rings is 1. The van der Waals surface area contributed by atoms with Crippen LogP contribution in [-0.2, 0) is 4.79 Å². The first-order chi connectivity index (χ1) is 12.1. The Morgan fingerprint density at radius 1 is 1.28 bits per heavy atom. The van der Waals surface area contributed by atoms with E-state index in [1.54, 1.807) is 11.3 Å². The van der Waals surface area contributed by atoms with Gasteiger partial charge in [-0.2, -0.15) is 0 Å². The molecule has 1 aliphatic carbocycles. The van der Waals surface area contributed by atoms with Crippen LogP contribution in [0, 0.1) is 0 Å². The van der Waals surface area contributed by atoms with Gasteiger partial charge >= 0.3 is 0 Å². The summed E-state index contributed by atoms with van der Waals surface area (Å²) in [4.78, 5) is 15.7. The van der Waals surface area contributed by atoms with Crippen molar-refractivity contribution in [2.45, 2.75) is 55.5 Å². The summed E-state index contributed by atoms with van der Waals surface area (Å²) in [7, 11) is 1.95. The highest BCUT2D eigenvalue weighted by molar-refractivity contribution is 8.00. The van der Waals surface area contributed by atoms with Crippen molar-refractivity contribution in [2.75, 3.05) is 7.05 Å². The monoisotopic (exact) mass is 374 g/mol. The fraction of sp³-hybridized carbons (Fsp3) is 0.500. The second kappa shape index (κ2) is 6.96. The summed E-state index contributed by atoms with van der Waals surface area (Å²) in [5, 5.41) is 9.23. The van der Waals surface area contributed by atoms with Gasteiger partial charge in [-0.25, -0.2) is 0 Å². The molecule has 1 aliphatic rings.